The van der Waals surface area contributed by atoms with E-state index in [0.717, 1.165) is 19.0 Å². The van der Waals surface area contributed by atoms with E-state index in [0.29, 0.717) is 6.10 Å². The maximum absolute atomic E-state index is 6.47. The Morgan fingerprint density at radius 1 is 1.33 bits per heavy atom. The summed E-state index contributed by atoms with van der Waals surface area (Å²) >= 11 is 0. The first kappa shape index (κ1) is 16.0. The van der Waals surface area contributed by atoms with Crippen LogP contribution in [0.25, 0.3) is 0 Å². The first-order valence-electron chi connectivity index (χ1n) is 8.00. The monoisotopic (exact) mass is 255 g/mol. The molecule has 0 radical (unpaired) electrons. The van der Waals surface area contributed by atoms with E-state index in [9.17, 15) is 0 Å². The molecule has 2 heteroatoms. The molecule has 108 valence electrons. The molecule has 3 unspecified atom stereocenters. The lowest BCUT2D eigenvalue weighted by atomic mass is 9.78. The van der Waals surface area contributed by atoms with Crippen molar-refractivity contribution in [3.63, 3.8) is 0 Å². The Kier molecular flexibility index (Phi) is 7.25. The maximum atomic E-state index is 6.47. The van der Waals surface area contributed by atoms with Gasteiger partial charge in [0.2, 0.25) is 0 Å². The lowest BCUT2D eigenvalue weighted by Crippen LogP contribution is -2.48. The molecule has 3 atom stereocenters. The van der Waals surface area contributed by atoms with E-state index in [4.69, 9.17) is 4.74 Å². The number of nitrogens with one attached hydrogen (secondary N) is 1. The van der Waals surface area contributed by atoms with Crippen LogP contribution < -0.4 is 5.32 Å². The summed E-state index contributed by atoms with van der Waals surface area (Å²) in [4.78, 5) is 0. The number of hydrogen-bond acceptors (Lipinski definition) is 2. The fraction of sp³-hybridized carbons (Fsp3) is 1.00. The van der Waals surface area contributed by atoms with E-state index in [-0.39, 0.29) is 5.60 Å². The Morgan fingerprint density at radius 2 is 2.11 bits per heavy atom. The van der Waals surface area contributed by atoms with E-state index in [2.05, 4.69) is 33.0 Å². The number of hydrogen-bond donors (Lipinski definition) is 1. The molecule has 0 spiro atoms. The number of rotatable bonds is 8. The van der Waals surface area contributed by atoms with Crippen molar-refractivity contribution in [2.75, 3.05) is 13.1 Å². The first-order chi connectivity index (χ1) is 8.62. The van der Waals surface area contributed by atoms with Crippen LogP contribution in [0.4, 0.5) is 0 Å². The van der Waals surface area contributed by atoms with Gasteiger partial charge in [0.15, 0.2) is 0 Å². The van der Waals surface area contributed by atoms with Gasteiger partial charge in [0, 0.05) is 6.54 Å². The fourth-order valence-electron chi connectivity index (χ4n) is 3.31. The molecular weight excluding hydrogens is 222 g/mol. The van der Waals surface area contributed by atoms with Crippen LogP contribution in [-0.2, 0) is 4.74 Å². The lowest BCUT2D eigenvalue weighted by Gasteiger charge is -2.42. The van der Waals surface area contributed by atoms with Gasteiger partial charge in [0.1, 0.15) is 0 Å². The van der Waals surface area contributed by atoms with Crippen LogP contribution in [0.5, 0.6) is 0 Å². The highest BCUT2D eigenvalue weighted by atomic mass is 16.5. The lowest BCUT2D eigenvalue weighted by molar-refractivity contribution is -0.116. The van der Waals surface area contributed by atoms with Crippen molar-refractivity contribution in [1.29, 1.82) is 0 Å². The summed E-state index contributed by atoms with van der Waals surface area (Å²) in [6.45, 7) is 11.2. The van der Waals surface area contributed by atoms with Gasteiger partial charge in [-0.25, -0.2) is 0 Å². The van der Waals surface area contributed by atoms with Crippen LogP contribution >= 0.6 is 0 Å². The van der Waals surface area contributed by atoms with Gasteiger partial charge < -0.3 is 10.1 Å². The van der Waals surface area contributed by atoms with E-state index in [1.165, 1.54) is 44.9 Å². The molecule has 0 saturated heterocycles. The van der Waals surface area contributed by atoms with Crippen LogP contribution in [0.3, 0.4) is 0 Å². The third-order valence-corrected chi connectivity index (χ3v) is 4.07. The zero-order valence-corrected chi connectivity index (χ0v) is 12.9. The molecule has 2 nitrogen and oxygen atoms in total. The first-order valence-corrected chi connectivity index (χ1v) is 8.00. The molecule has 0 aromatic heterocycles. The average Bonchev–Trinajstić information content (AvgIpc) is 2.29. The van der Waals surface area contributed by atoms with Gasteiger partial charge in [-0.1, -0.05) is 40.0 Å². The Bertz CT molecular complexity index is 219. The van der Waals surface area contributed by atoms with Crippen molar-refractivity contribution in [2.45, 2.75) is 84.3 Å². The zero-order valence-electron chi connectivity index (χ0n) is 12.9. The number of ether oxygens (including phenoxy) is 1. The minimum atomic E-state index is 0.113. The molecular formula is C16H33NO. The molecule has 1 N–H and O–H groups in total. The van der Waals surface area contributed by atoms with Gasteiger partial charge >= 0.3 is 0 Å². The second-order valence-corrected chi connectivity index (χ2v) is 6.28. The maximum Gasteiger partial charge on any atom is 0.0812 e. The van der Waals surface area contributed by atoms with Crippen molar-refractivity contribution in [3.05, 3.63) is 0 Å². The second-order valence-electron chi connectivity index (χ2n) is 6.28. The largest absolute Gasteiger partial charge is 0.371 e. The quantitative estimate of drug-likeness (QED) is 0.658. The fourth-order valence-corrected chi connectivity index (χ4v) is 3.31. The second kappa shape index (κ2) is 8.16. The molecule has 0 aromatic carbocycles. The molecule has 1 aliphatic carbocycles. The molecule has 0 aliphatic heterocycles. The Labute approximate surface area is 114 Å². The van der Waals surface area contributed by atoms with Crippen molar-refractivity contribution >= 4 is 0 Å². The summed E-state index contributed by atoms with van der Waals surface area (Å²) in [5.74, 6) is 0.816. The normalized spacial score (nSPS) is 30.3. The van der Waals surface area contributed by atoms with Crippen LogP contribution in [0.15, 0.2) is 0 Å². The standard InChI is InChI=1S/C16H33NO/c1-5-8-15(4)18-16(13-17-11-6-2)10-7-9-14(3)12-16/h14-15,17H,5-13H2,1-4H3. The molecule has 0 aromatic rings. The van der Waals surface area contributed by atoms with E-state index in [1.54, 1.807) is 0 Å². The SMILES string of the molecule is CCCNCC1(OC(C)CCC)CCCC(C)C1. The van der Waals surface area contributed by atoms with Crippen LogP contribution in [0.1, 0.15) is 72.6 Å². The summed E-state index contributed by atoms with van der Waals surface area (Å²) in [6.07, 6.45) is 9.19. The van der Waals surface area contributed by atoms with Gasteiger partial charge in [-0.05, 0) is 45.1 Å². The Morgan fingerprint density at radius 3 is 2.72 bits per heavy atom. The van der Waals surface area contributed by atoms with Gasteiger partial charge in [0.25, 0.3) is 0 Å². The van der Waals surface area contributed by atoms with E-state index >= 15 is 0 Å². The van der Waals surface area contributed by atoms with Gasteiger partial charge in [-0.3, -0.25) is 0 Å². The topological polar surface area (TPSA) is 21.3 Å². The predicted molar refractivity (Wildman–Crippen MR) is 79.0 cm³/mol. The van der Waals surface area contributed by atoms with E-state index < -0.39 is 0 Å². The summed E-state index contributed by atoms with van der Waals surface area (Å²) < 4.78 is 6.47. The highest BCUT2D eigenvalue weighted by Gasteiger charge is 2.36. The minimum absolute atomic E-state index is 0.113. The molecule has 0 heterocycles. The smallest absolute Gasteiger partial charge is 0.0812 e. The van der Waals surface area contributed by atoms with Crippen molar-refractivity contribution in [3.8, 4) is 0 Å². The van der Waals surface area contributed by atoms with Crippen LogP contribution in [-0.4, -0.2) is 24.8 Å². The summed E-state index contributed by atoms with van der Waals surface area (Å²) in [6, 6.07) is 0. The van der Waals surface area contributed by atoms with Crippen LogP contribution in [0.2, 0.25) is 0 Å². The van der Waals surface area contributed by atoms with Crippen molar-refractivity contribution < 1.29 is 4.74 Å². The summed E-state index contributed by atoms with van der Waals surface area (Å²) in [5.41, 5.74) is 0.113. The molecule has 1 aliphatic rings. The molecule has 1 saturated carbocycles. The minimum Gasteiger partial charge on any atom is -0.371 e. The molecule has 0 amide bonds. The zero-order chi connectivity index (χ0) is 13.4. The van der Waals surface area contributed by atoms with Crippen LogP contribution in [0, 0.1) is 5.92 Å². The Hall–Kier alpha value is -0.0800. The third kappa shape index (κ3) is 5.27. The Balaban J connectivity index is 2.54. The summed E-state index contributed by atoms with van der Waals surface area (Å²) in [5, 5.41) is 3.59. The summed E-state index contributed by atoms with van der Waals surface area (Å²) in [7, 11) is 0. The van der Waals surface area contributed by atoms with Crippen molar-refractivity contribution in [1.82, 2.24) is 5.32 Å². The third-order valence-electron chi connectivity index (χ3n) is 4.07. The van der Waals surface area contributed by atoms with Crippen molar-refractivity contribution in [2.24, 2.45) is 5.92 Å². The predicted octanol–water partition coefficient (Wildman–Crippen LogP) is 4.14. The molecule has 1 rings (SSSR count). The molecule has 18 heavy (non-hydrogen) atoms. The molecule has 1 fully saturated rings. The van der Waals surface area contributed by atoms with Gasteiger partial charge in [0.05, 0.1) is 11.7 Å². The van der Waals surface area contributed by atoms with Gasteiger partial charge in [-0.2, -0.15) is 0 Å². The van der Waals surface area contributed by atoms with Gasteiger partial charge in [-0.15, -0.1) is 0 Å². The molecule has 0 bridgehead atoms. The highest BCUT2D eigenvalue weighted by Crippen LogP contribution is 2.36. The average molecular weight is 255 g/mol. The highest BCUT2D eigenvalue weighted by molar-refractivity contribution is 4.89. The van der Waals surface area contributed by atoms with E-state index in [1.807, 2.05) is 0 Å².